The largest absolute Gasteiger partial charge is 0.380 e. The van der Waals surface area contributed by atoms with Crippen molar-refractivity contribution in [1.82, 2.24) is 10.3 Å². The molecule has 0 radical (unpaired) electrons. The van der Waals surface area contributed by atoms with Gasteiger partial charge in [0.25, 0.3) is 0 Å². The molecule has 1 atom stereocenters. The Morgan fingerprint density at radius 1 is 0.379 bits per heavy atom. The number of aromatic nitrogens is 1. The molecule has 1 N–H and O–H groups in total. The average molecular weight is 837 g/mol. The van der Waals surface area contributed by atoms with Crippen LogP contribution in [0, 0.1) is 0 Å². The van der Waals surface area contributed by atoms with Crippen molar-refractivity contribution in [2.24, 2.45) is 0 Å². The number of nitrogens with zero attached hydrogens (tertiary/aromatic N) is 1. The van der Waals surface area contributed by atoms with Gasteiger partial charge in [0.15, 0.2) is 0 Å². The second-order valence-corrected chi connectivity index (χ2v) is 17.8. The SMILES string of the molecule is C1=CC2=c3c(-c4ccc5ccccc5c4)c4ccccc4c(-c4ccc5cc(-c6c7ccccc7c(-c7ccc8ccccc8c7)c7c6cnc6ccccc67)ccc5c4)c3=CNC2C=C1. The average Bonchev–Trinajstić information content (AvgIpc) is 3.38. The topological polar surface area (TPSA) is 24.9 Å². The molecule has 12 aromatic rings. The van der Waals surface area contributed by atoms with Gasteiger partial charge < -0.3 is 5.32 Å². The molecule has 0 saturated carbocycles. The van der Waals surface area contributed by atoms with Gasteiger partial charge in [0.2, 0.25) is 0 Å². The van der Waals surface area contributed by atoms with E-state index in [0.29, 0.717) is 0 Å². The molecule has 0 amide bonds. The van der Waals surface area contributed by atoms with E-state index in [0.717, 1.165) is 16.3 Å². The molecule has 2 heteroatoms. The third-order valence-electron chi connectivity index (χ3n) is 14.2. The summed E-state index contributed by atoms with van der Waals surface area (Å²) in [5.74, 6) is 0. The van der Waals surface area contributed by atoms with Crippen LogP contribution in [0.1, 0.15) is 0 Å². The van der Waals surface area contributed by atoms with Crippen LogP contribution in [0.5, 0.6) is 0 Å². The Labute approximate surface area is 381 Å². The molecule has 0 saturated heterocycles. The van der Waals surface area contributed by atoms with Gasteiger partial charge >= 0.3 is 0 Å². The first-order valence-corrected chi connectivity index (χ1v) is 22.9. The van der Waals surface area contributed by atoms with Crippen LogP contribution in [0.4, 0.5) is 0 Å². The molecule has 306 valence electrons. The molecular weight excluding hydrogens is 797 g/mol. The predicted octanol–water partition coefficient (Wildman–Crippen LogP) is 14.8. The van der Waals surface area contributed by atoms with E-state index in [1.807, 2.05) is 0 Å². The van der Waals surface area contributed by atoms with E-state index in [-0.39, 0.29) is 6.04 Å². The van der Waals surface area contributed by atoms with Gasteiger partial charge in [-0.25, -0.2) is 0 Å². The summed E-state index contributed by atoms with van der Waals surface area (Å²) in [7, 11) is 0. The fraction of sp³-hybridized carbons (Fsp3) is 0.0156. The number of pyridine rings is 1. The first kappa shape index (κ1) is 36.8. The fourth-order valence-electron chi connectivity index (χ4n) is 11.3. The Balaban J connectivity index is 0.991. The third-order valence-corrected chi connectivity index (χ3v) is 14.2. The Kier molecular flexibility index (Phi) is 8.08. The number of hydrogen-bond acceptors (Lipinski definition) is 2. The molecule has 1 aromatic heterocycles. The monoisotopic (exact) mass is 836 g/mol. The van der Waals surface area contributed by atoms with E-state index >= 15 is 0 Å². The summed E-state index contributed by atoms with van der Waals surface area (Å²) in [5, 5.41) is 22.2. The van der Waals surface area contributed by atoms with Crippen LogP contribution in [0.2, 0.25) is 0 Å². The summed E-state index contributed by atoms with van der Waals surface area (Å²) in [6, 6.07) is 71.9. The van der Waals surface area contributed by atoms with Gasteiger partial charge in [0.05, 0.1) is 11.6 Å². The van der Waals surface area contributed by atoms with Crippen LogP contribution >= 0.6 is 0 Å². The van der Waals surface area contributed by atoms with Gasteiger partial charge in [-0.3, -0.25) is 4.98 Å². The van der Waals surface area contributed by atoms with Gasteiger partial charge in [0, 0.05) is 33.8 Å². The lowest BCUT2D eigenvalue weighted by molar-refractivity contribution is 0.878. The summed E-state index contributed by atoms with van der Waals surface area (Å²) >= 11 is 0. The third kappa shape index (κ3) is 5.58. The molecule has 2 heterocycles. The van der Waals surface area contributed by atoms with Crippen LogP contribution in [0.25, 0.3) is 132 Å². The van der Waals surface area contributed by atoms with Crippen molar-refractivity contribution >= 4 is 87.3 Å². The molecule has 1 aliphatic heterocycles. The molecular formula is C64H40N2. The second kappa shape index (κ2) is 14.5. The van der Waals surface area contributed by atoms with Crippen LogP contribution < -0.4 is 15.8 Å². The first-order valence-electron chi connectivity index (χ1n) is 22.9. The van der Waals surface area contributed by atoms with E-state index < -0.39 is 0 Å². The number of allylic oxidation sites excluding steroid dienone is 2. The quantitative estimate of drug-likeness (QED) is 0.141. The normalized spacial score (nSPS) is 14.3. The Morgan fingerprint density at radius 2 is 0.848 bits per heavy atom. The highest BCUT2D eigenvalue weighted by molar-refractivity contribution is 6.27. The lowest BCUT2D eigenvalue weighted by atomic mass is 9.83. The summed E-state index contributed by atoms with van der Waals surface area (Å²) in [5.41, 5.74) is 12.1. The molecule has 2 aliphatic rings. The predicted molar refractivity (Wildman–Crippen MR) is 281 cm³/mol. The highest BCUT2D eigenvalue weighted by Crippen LogP contribution is 2.47. The summed E-state index contributed by atoms with van der Waals surface area (Å²) < 4.78 is 0. The van der Waals surface area contributed by atoms with Crippen LogP contribution in [0.15, 0.2) is 225 Å². The Bertz CT molecular complexity index is 4270. The van der Waals surface area contributed by atoms with Gasteiger partial charge in [-0.05, 0) is 139 Å². The van der Waals surface area contributed by atoms with Crippen molar-refractivity contribution < 1.29 is 0 Å². The molecule has 1 aliphatic carbocycles. The van der Waals surface area contributed by atoms with E-state index in [1.54, 1.807) is 0 Å². The minimum Gasteiger partial charge on any atom is -0.380 e. The van der Waals surface area contributed by atoms with Crippen molar-refractivity contribution in [2.45, 2.75) is 6.04 Å². The molecule has 2 nitrogen and oxygen atoms in total. The molecule has 1 unspecified atom stereocenters. The van der Waals surface area contributed by atoms with Gasteiger partial charge in [-0.15, -0.1) is 0 Å². The Morgan fingerprint density at radius 3 is 1.50 bits per heavy atom. The lowest BCUT2D eigenvalue weighted by Crippen LogP contribution is -2.44. The number of fused-ring (bicyclic) bond motifs is 10. The molecule has 0 bridgehead atoms. The van der Waals surface area contributed by atoms with Crippen molar-refractivity contribution in [3.63, 3.8) is 0 Å². The zero-order chi connectivity index (χ0) is 43.3. The maximum Gasteiger partial charge on any atom is 0.0708 e. The van der Waals surface area contributed by atoms with Crippen molar-refractivity contribution in [3.8, 4) is 44.5 Å². The van der Waals surface area contributed by atoms with E-state index in [4.69, 9.17) is 4.98 Å². The minimum absolute atomic E-state index is 0.104. The summed E-state index contributed by atoms with van der Waals surface area (Å²) in [6.45, 7) is 0. The van der Waals surface area contributed by atoms with Crippen molar-refractivity contribution in [2.75, 3.05) is 0 Å². The maximum absolute atomic E-state index is 5.10. The van der Waals surface area contributed by atoms with Crippen LogP contribution in [-0.2, 0) is 0 Å². The second-order valence-electron chi connectivity index (χ2n) is 17.8. The number of rotatable bonds is 4. The summed E-state index contributed by atoms with van der Waals surface area (Å²) in [6.07, 6.45) is 13.3. The molecule has 0 spiro atoms. The molecule has 14 rings (SSSR count). The van der Waals surface area contributed by atoms with E-state index in [2.05, 4.69) is 236 Å². The van der Waals surface area contributed by atoms with Crippen LogP contribution in [-0.4, -0.2) is 11.0 Å². The zero-order valence-electron chi connectivity index (χ0n) is 36.0. The first-order chi connectivity index (χ1) is 32.7. The molecule has 66 heavy (non-hydrogen) atoms. The van der Waals surface area contributed by atoms with E-state index in [1.165, 1.54) is 120 Å². The van der Waals surface area contributed by atoms with Crippen molar-refractivity contribution in [1.29, 1.82) is 0 Å². The zero-order valence-corrected chi connectivity index (χ0v) is 36.0. The molecule has 0 fully saturated rings. The van der Waals surface area contributed by atoms with Gasteiger partial charge in [0.1, 0.15) is 0 Å². The van der Waals surface area contributed by atoms with Crippen LogP contribution in [0.3, 0.4) is 0 Å². The molecule has 11 aromatic carbocycles. The highest BCUT2D eigenvalue weighted by atomic mass is 14.9. The maximum atomic E-state index is 5.10. The van der Waals surface area contributed by atoms with Crippen molar-refractivity contribution in [3.05, 3.63) is 235 Å². The lowest BCUT2D eigenvalue weighted by Gasteiger charge is -2.26. The Hall–Kier alpha value is -8.59. The fourth-order valence-corrected chi connectivity index (χ4v) is 11.3. The number of benzene rings is 11. The van der Waals surface area contributed by atoms with Gasteiger partial charge in [-0.1, -0.05) is 188 Å². The smallest absolute Gasteiger partial charge is 0.0708 e. The summed E-state index contributed by atoms with van der Waals surface area (Å²) in [4.78, 5) is 5.10. The minimum atomic E-state index is 0.104. The number of para-hydroxylation sites is 1. The number of nitrogens with one attached hydrogen (secondary N) is 1. The highest BCUT2D eigenvalue weighted by Gasteiger charge is 2.24. The van der Waals surface area contributed by atoms with E-state index in [9.17, 15) is 0 Å². The number of hydrogen-bond donors (Lipinski definition) is 1. The van der Waals surface area contributed by atoms with Gasteiger partial charge in [-0.2, -0.15) is 0 Å². The standard InChI is InChI=1S/C64H40N2/c1-3-15-41-33-47(29-25-39(41)13-1)61-51-19-7-5-17-49(51)59(55-37-65-57-23-11-9-21-53(57)63(55)61)45-31-27-44-36-46(32-28-43(44)35-45)60-50-18-6-8-20-52(50)62(48-30-26-40-14-2-4-16-42(40)34-48)64-54-22-10-12-24-58(54)66-38-56(60)64/h1-38,57,65H.